The van der Waals surface area contributed by atoms with Gasteiger partial charge in [-0.25, -0.2) is 0 Å². The van der Waals surface area contributed by atoms with Crippen molar-refractivity contribution in [1.29, 1.82) is 0 Å². The van der Waals surface area contributed by atoms with Crippen LogP contribution in [0.25, 0.3) is 0 Å². The van der Waals surface area contributed by atoms with Crippen molar-refractivity contribution in [2.45, 2.75) is 27.7 Å². The van der Waals surface area contributed by atoms with Crippen LogP contribution in [0, 0.1) is 0 Å². The topological polar surface area (TPSA) is 138 Å². The molecule has 0 aliphatic heterocycles. The summed E-state index contributed by atoms with van der Waals surface area (Å²) in [6.45, 7) is 7.72. The molecule has 0 aliphatic rings. The molecule has 0 aromatic heterocycles. The van der Waals surface area contributed by atoms with Gasteiger partial charge in [-0.1, -0.05) is 0 Å². The number of hydrogen-bond acceptors (Lipinski definition) is 5. The summed E-state index contributed by atoms with van der Waals surface area (Å²) in [4.78, 5) is 0. The third-order valence-electron chi connectivity index (χ3n) is 0. The predicted molar refractivity (Wildman–Crippen MR) is 61.9 cm³/mol. The number of rotatable bonds is 0. The zero-order valence-corrected chi connectivity index (χ0v) is 12.7. The first kappa shape index (κ1) is 29.9. The molecule has 0 radical (unpaired) electrons. The van der Waals surface area contributed by atoms with Crippen LogP contribution in [0.1, 0.15) is 27.7 Å². The van der Waals surface area contributed by atoms with E-state index in [9.17, 15) is 0 Å². The van der Waals surface area contributed by atoms with Crippen molar-refractivity contribution < 1.29 is 30.5 Å². The van der Waals surface area contributed by atoms with E-state index in [0.717, 1.165) is 0 Å². The molecule has 8 heteroatoms. The van der Waals surface area contributed by atoms with E-state index in [0.29, 0.717) is 0 Å². The van der Waals surface area contributed by atoms with Gasteiger partial charge in [0.15, 0.2) is 0 Å². The molecule has 0 unspecified atom stereocenters. The van der Waals surface area contributed by atoms with Gasteiger partial charge in [-0.15, -0.1) is 0 Å². The second kappa shape index (κ2) is 58.5. The minimum absolute atomic E-state index is 0.250. The van der Waals surface area contributed by atoms with Gasteiger partial charge in [0.1, 0.15) is 0 Å². The fourth-order valence-electron chi connectivity index (χ4n) is 0. The van der Waals surface area contributed by atoms with E-state index in [1.807, 2.05) is 0 Å². The molecular formula is C8H26O7Te. The number of aliphatic hydroxyl groups excluding tert-OH is 4. The molecule has 0 aromatic carbocycles. The Kier molecular flexibility index (Phi) is 109. The van der Waals surface area contributed by atoms with Gasteiger partial charge in [-0.3, -0.25) is 0 Å². The van der Waals surface area contributed by atoms with Crippen molar-refractivity contribution in [2.75, 3.05) is 26.4 Å². The van der Waals surface area contributed by atoms with Gasteiger partial charge in [0.2, 0.25) is 0 Å². The molecule has 7 nitrogen and oxygen atoms in total. The van der Waals surface area contributed by atoms with Crippen molar-refractivity contribution in [3.63, 3.8) is 0 Å². The summed E-state index contributed by atoms with van der Waals surface area (Å²) in [6, 6.07) is 0. The molecule has 16 heavy (non-hydrogen) atoms. The van der Waals surface area contributed by atoms with E-state index in [-0.39, 0.29) is 26.4 Å². The second-order valence-corrected chi connectivity index (χ2v) is 2.81. The molecule has 0 amide bonds. The summed E-state index contributed by atoms with van der Waals surface area (Å²) < 4.78 is 23.3. The van der Waals surface area contributed by atoms with E-state index in [1.165, 1.54) is 0 Å². The average molecular weight is 362 g/mol. The van der Waals surface area contributed by atoms with Gasteiger partial charge < -0.3 is 20.4 Å². The Labute approximate surface area is 105 Å². The van der Waals surface area contributed by atoms with Crippen LogP contribution in [0.5, 0.6) is 0 Å². The van der Waals surface area contributed by atoms with E-state index in [1.54, 1.807) is 27.7 Å². The Morgan fingerprint density at radius 1 is 0.688 bits per heavy atom. The maximum absolute atomic E-state index is 8.81. The van der Waals surface area contributed by atoms with Crippen molar-refractivity contribution >= 4 is 20.4 Å². The molecule has 0 aliphatic carbocycles. The van der Waals surface area contributed by atoms with E-state index in [2.05, 4.69) is 0 Å². The standard InChI is InChI=1S/4C2H6O.H2O3Te/c4*1-2-3;1-4(2)3/h4*3H,2H2,1H3;(H2,1,2,3). The Hall–Kier alpha value is 0.350. The first-order valence-electron chi connectivity index (χ1n) is 4.63. The molecule has 0 saturated carbocycles. The first-order chi connectivity index (χ1) is 7.39. The Morgan fingerprint density at radius 3 is 0.688 bits per heavy atom. The molecule has 0 spiro atoms. The molecule has 106 valence electrons. The van der Waals surface area contributed by atoms with Crippen molar-refractivity contribution in [2.24, 2.45) is 0 Å². The Balaban J connectivity index is -0.0000000317. The van der Waals surface area contributed by atoms with Crippen LogP contribution in [0.2, 0.25) is 0 Å². The van der Waals surface area contributed by atoms with Crippen molar-refractivity contribution in [1.82, 2.24) is 0 Å². The van der Waals surface area contributed by atoms with Crippen molar-refractivity contribution in [3.8, 4) is 0 Å². The van der Waals surface area contributed by atoms with Gasteiger partial charge in [-0.05, 0) is 27.7 Å². The molecule has 0 fully saturated rings. The third-order valence-corrected chi connectivity index (χ3v) is 0. The van der Waals surface area contributed by atoms with Crippen molar-refractivity contribution in [3.05, 3.63) is 0 Å². The molecule has 0 atom stereocenters. The fraction of sp³-hybridized carbons (Fsp3) is 1.00. The summed E-state index contributed by atoms with van der Waals surface area (Å²) >= 11 is -3.61. The van der Waals surface area contributed by atoms with E-state index in [4.69, 9.17) is 30.5 Å². The second-order valence-electron chi connectivity index (χ2n) is 1.50. The predicted octanol–water partition coefficient (Wildman–Crippen LogP) is -1.62. The SMILES string of the molecule is CCO.CCO.CCO.CCO.O=[Te](O)O. The van der Waals surface area contributed by atoms with Crippen LogP contribution in [0.3, 0.4) is 0 Å². The van der Waals surface area contributed by atoms with Gasteiger partial charge in [0.05, 0.1) is 0 Å². The molecule has 0 bridgehead atoms. The molecule has 0 heterocycles. The van der Waals surface area contributed by atoms with Crippen LogP contribution in [0.4, 0.5) is 0 Å². The average Bonchev–Trinajstić information content (AvgIpc) is 2.06. The maximum atomic E-state index is 8.81. The molecule has 0 saturated heterocycles. The van der Waals surface area contributed by atoms with Crippen LogP contribution in [-0.2, 0) is 3.10 Å². The Morgan fingerprint density at radius 2 is 0.688 bits per heavy atom. The molecule has 0 aromatic rings. The zero-order chi connectivity index (χ0) is 14.4. The molecule has 6 N–H and O–H groups in total. The summed E-state index contributed by atoms with van der Waals surface area (Å²) in [5.41, 5.74) is 0. The number of hydrogen-bond donors (Lipinski definition) is 6. The van der Waals surface area contributed by atoms with E-state index >= 15 is 0 Å². The quantitative estimate of drug-likeness (QED) is 0.285. The fourth-order valence-corrected chi connectivity index (χ4v) is 0. The summed E-state index contributed by atoms with van der Waals surface area (Å²) in [5, 5.41) is 30.3. The summed E-state index contributed by atoms with van der Waals surface area (Å²) in [5.74, 6) is 0. The van der Waals surface area contributed by atoms with Gasteiger partial charge in [0.25, 0.3) is 0 Å². The zero-order valence-electron chi connectivity index (χ0n) is 10.3. The summed E-state index contributed by atoms with van der Waals surface area (Å²) in [6.07, 6.45) is 0. The molecule has 0 rings (SSSR count). The van der Waals surface area contributed by atoms with Crippen LogP contribution >= 0.6 is 0 Å². The first-order valence-corrected chi connectivity index (χ1v) is 7.66. The van der Waals surface area contributed by atoms with Gasteiger partial charge in [-0.2, -0.15) is 0 Å². The van der Waals surface area contributed by atoms with Gasteiger partial charge in [0, 0.05) is 26.4 Å². The molecular weight excluding hydrogens is 336 g/mol. The van der Waals surface area contributed by atoms with E-state index < -0.39 is 20.4 Å². The van der Waals surface area contributed by atoms with Gasteiger partial charge >= 0.3 is 30.4 Å². The minimum atomic E-state index is -3.61. The van der Waals surface area contributed by atoms with Crippen LogP contribution in [0.15, 0.2) is 0 Å². The van der Waals surface area contributed by atoms with Crippen LogP contribution in [-0.4, -0.2) is 74.2 Å². The third kappa shape index (κ3) is 20900. The Bertz CT molecular complexity index is 70.8. The normalized spacial score (nSPS) is 6.69. The summed E-state index contributed by atoms with van der Waals surface area (Å²) in [7, 11) is 0. The van der Waals surface area contributed by atoms with Crippen LogP contribution < -0.4 is 0 Å². The monoisotopic (exact) mass is 364 g/mol. The number of aliphatic hydroxyl groups is 4.